The van der Waals surface area contributed by atoms with E-state index in [0.29, 0.717) is 10.6 Å². The Hall–Kier alpha value is -1.03. The molecule has 1 aromatic rings. The van der Waals surface area contributed by atoms with Gasteiger partial charge in [0.25, 0.3) is 5.91 Å². The normalized spacial score (nSPS) is 19.5. The van der Waals surface area contributed by atoms with E-state index in [1.165, 1.54) is 11.3 Å². The van der Waals surface area contributed by atoms with Crippen LogP contribution in [0.3, 0.4) is 0 Å². The van der Waals surface area contributed by atoms with Crippen molar-refractivity contribution in [1.29, 1.82) is 0 Å². The number of amides is 1. The number of hydrogen-bond donors (Lipinski definition) is 1. The molecule has 0 spiro atoms. The van der Waals surface area contributed by atoms with Crippen molar-refractivity contribution in [2.45, 2.75) is 32.2 Å². The zero-order chi connectivity index (χ0) is 11.1. The number of hydrogen-bond acceptors (Lipinski definition) is 3. The molecular formula is C11H16N2OS. The summed E-state index contributed by atoms with van der Waals surface area (Å²) in [7, 11) is 0. The number of carbonyl (C=O) groups is 1. The smallest absolute Gasteiger partial charge is 0.266 e. The van der Waals surface area contributed by atoms with Gasteiger partial charge in [-0.1, -0.05) is 0 Å². The standard InChI is InChI=1S/C11H16N2OS/c1-11(2)5-3-6-13(11)10(14)9-8(12)4-7-15-9/h4,7H,3,5-6,12H2,1-2H3. The number of likely N-dealkylation sites (tertiary alicyclic amines) is 1. The molecular weight excluding hydrogens is 208 g/mol. The van der Waals surface area contributed by atoms with E-state index >= 15 is 0 Å². The number of nitrogen functional groups attached to an aromatic ring is 1. The van der Waals surface area contributed by atoms with E-state index in [0.717, 1.165) is 19.4 Å². The number of rotatable bonds is 1. The van der Waals surface area contributed by atoms with Gasteiger partial charge in [0.1, 0.15) is 4.88 Å². The summed E-state index contributed by atoms with van der Waals surface area (Å²) >= 11 is 1.43. The maximum absolute atomic E-state index is 12.2. The molecule has 82 valence electrons. The Morgan fingerprint density at radius 1 is 1.60 bits per heavy atom. The van der Waals surface area contributed by atoms with E-state index in [1.807, 2.05) is 10.3 Å². The van der Waals surface area contributed by atoms with Crippen LogP contribution >= 0.6 is 11.3 Å². The van der Waals surface area contributed by atoms with Gasteiger partial charge in [0, 0.05) is 12.1 Å². The summed E-state index contributed by atoms with van der Waals surface area (Å²) in [5.74, 6) is 0.0880. The third-order valence-electron chi connectivity index (χ3n) is 3.04. The van der Waals surface area contributed by atoms with Gasteiger partial charge in [0.15, 0.2) is 0 Å². The van der Waals surface area contributed by atoms with Crippen LogP contribution in [0.1, 0.15) is 36.4 Å². The Kier molecular flexibility index (Phi) is 2.46. The molecule has 1 aromatic heterocycles. The first-order valence-electron chi connectivity index (χ1n) is 5.17. The molecule has 15 heavy (non-hydrogen) atoms. The molecule has 1 aliphatic heterocycles. The predicted octanol–water partition coefficient (Wildman–Crippen LogP) is 2.34. The van der Waals surface area contributed by atoms with Crippen LogP contribution in [-0.4, -0.2) is 22.9 Å². The van der Waals surface area contributed by atoms with Gasteiger partial charge in [-0.15, -0.1) is 11.3 Å². The maximum Gasteiger partial charge on any atom is 0.266 e. The van der Waals surface area contributed by atoms with Gasteiger partial charge in [-0.05, 0) is 38.1 Å². The van der Waals surface area contributed by atoms with Crippen LogP contribution in [0.2, 0.25) is 0 Å². The topological polar surface area (TPSA) is 46.3 Å². The highest BCUT2D eigenvalue weighted by Crippen LogP contribution is 2.32. The van der Waals surface area contributed by atoms with E-state index in [1.54, 1.807) is 6.07 Å². The lowest BCUT2D eigenvalue weighted by Gasteiger charge is -2.31. The van der Waals surface area contributed by atoms with Crippen molar-refractivity contribution < 1.29 is 4.79 Å². The Labute approximate surface area is 93.9 Å². The fraction of sp³-hybridized carbons (Fsp3) is 0.545. The quantitative estimate of drug-likeness (QED) is 0.796. The molecule has 3 nitrogen and oxygen atoms in total. The van der Waals surface area contributed by atoms with Crippen molar-refractivity contribution in [2.24, 2.45) is 0 Å². The molecule has 4 heteroatoms. The van der Waals surface area contributed by atoms with Gasteiger partial charge in [-0.2, -0.15) is 0 Å². The summed E-state index contributed by atoms with van der Waals surface area (Å²) < 4.78 is 0. The molecule has 0 atom stereocenters. The monoisotopic (exact) mass is 224 g/mol. The maximum atomic E-state index is 12.2. The summed E-state index contributed by atoms with van der Waals surface area (Å²) in [5, 5.41) is 1.87. The van der Waals surface area contributed by atoms with Crippen molar-refractivity contribution in [3.8, 4) is 0 Å². The van der Waals surface area contributed by atoms with E-state index in [9.17, 15) is 4.79 Å². The van der Waals surface area contributed by atoms with Gasteiger partial charge in [0.05, 0.1) is 5.69 Å². The second-order valence-electron chi connectivity index (χ2n) is 4.58. The van der Waals surface area contributed by atoms with Crippen LogP contribution in [0.25, 0.3) is 0 Å². The molecule has 0 unspecified atom stereocenters. The average molecular weight is 224 g/mol. The minimum absolute atomic E-state index is 0.0203. The second-order valence-corrected chi connectivity index (χ2v) is 5.49. The molecule has 1 aliphatic rings. The predicted molar refractivity (Wildman–Crippen MR) is 63.1 cm³/mol. The van der Waals surface area contributed by atoms with Crippen LogP contribution in [0.15, 0.2) is 11.4 Å². The summed E-state index contributed by atoms with van der Waals surface area (Å²) in [6, 6.07) is 1.79. The lowest BCUT2D eigenvalue weighted by molar-refractivity contribution is 0.0658. The third kappa shape index (κ3) is 1.74. The van der Waals surface area contributed by atoms with E-state index in [4.69, 9.17) is 5.73 Å². The Morgan fingerprint density at radius 2 is 2.33 bits per heavy atom. The van der Waals surface area contributed by atoms with Crippen molar-refractivity contribution >= 4 is 22.9 Å². The number of nitrogens with two attached hydrogens (primary N) is 1. The zero-order valence-electron chi connectivity index (χ0n) is 9.12. The number of thiophene rings is 1. The van der Waals surface area contributed by atoms with E-state index in [-0.39, 0.29) is 11.4 Å². The third-order valence-corrected chi connectivity index (χ3v) is 3.95. The number of nitrogens with zero attached hydrogens (tertiary/aromatic N) is 1. The molecule has 1 amide bonds. The van der Waals surface area contributed by atoms with Crippen molar-refractivity contribution in [3.05, 3.63) is 16.3 Å². The molecule has 2 heterocycles. The average Bonchev–Trinajstić information content (AvgIpc) is 2.70. The number of anilines is 1. The minimum atomic E-state index is -0.0203. The molecule has 0 bridgehead atoms. The lowest BCUT2D eigenvalue weighted by Crippen LogP contribution is -2.42. The first kappa shape index (κ1) is 10.5. The van der Waals surface area contributed by atoms with Gasteiger partial charge >= 0.3 is 0 Å². The highest BCUT2D eigenvalue weighted by molar-refractivity contribution is 7.12. The summed E-state index contributed by atoms with van der Waals surface area (Å²) in [5.41, 5.74) is 6.34. The largest absolute Gasteiger partial charge is 0.397 e. The van der Waals surface area contributed by atoms with Crippen molar-refractivity contribution in [1.82, 2.24) is 4.90 Å². The van der Waals surface area contributed by atoms with Crippen LogP contribution in [0.5, 0.6) is 0 Å². The Morgan fingerprint density at radius 3 is 2.80 bits per heavy atom. The summed E-state index contributed by atoms with van der Waals surface area (Å²) in [4.78, 5) is 14.8. The molecule has 2 rings (SSSR count). The van der Waals surface area contributed by atoms with Crippen LogP contribution < -0.4 is 5.73 Å². The molecule has 0 radical (unpaired) electrons. The fourth-order valence-electron chi connectivity index (χ4n) is 2.10. The van der Waals surface area contributed by atoms with Crippen LogP contribution in [0, 0.1) is 0 Å². The highest BCUT2D eigenvalue weighted by atomic mass is 32.1. The SMILES string of the molecule is CC1(C)CCCN1C(=O)c1sccc1N. The zero-order valence-corrected chi connectivity index (χ0v) is 9.93. The molecule has 0 aliphatic carbocycles. The molecule has 2 N–H and O–H groups in total. The molecule has 0 aromatic carbocycles. The van der Waals surface area contributed by atoms with Crippen LogP contribution in [-0.2, 0) is 0 Å². The van der Waals surface area contributed by atoms with Gasteiger partial charge < -0.3 is 10.6 Å². The van der Waals surface area contributed by atoms with Gasteiger partial charge in [-0.25, -0.2) is 0 Å². The fourth-order valence-corrected chi connectivity index (χ4v) is 2.87. The highest BCUT2D eigenvalue weighted by Gasteiger charge is 2.36. The van der Waals surface area contributed by atoms with Crippen molar-refractivity contribution in [3.63, 3.8) is 0 Å². The van der Waals surface area contributed by atoms with E-state index < -0.39 is 0 Å². The van der Waals surface area contributed by atoms with Gasteiger partial charge in [-0.3, -0.25) is 4.79 Å². The summed E-state index contributed by atoms with van der Waals surface area (Å²) in [6.07, 6.45) is 2.16. The van der Waals surface area contributed by atoms with Crippen molar-refractivity contribution in [2.75, 3.05) is 12.3 Å². The molecule has 1 saturated heterocycles. The van der Waals surface area contributed by atoms with Crippen LogP contribution in [0.4, 0.5) is 5.69 Å². The summed E-state index contributed by atoms with van der Waals surface area (Å²) in [6.45, 7) is 5.08. The lowest BCUT2D eigenvalue weighted by atomic mass is 10.0. The Bertz CT molecular complexity index is 384. The van der Waals surface area contributed by atoms with E-state index in [2.05, 4.69) is 13.8 Å². The Balaban J connectivity index is 2.26. The molecule has 0 saturated carbocycles. The first-order chi connectivity index (χ1) is 7.02. The second kappa shape index (κ2) is 3.52. The first-order valence-corrected chi connectivity index (χ1v) is 6.05. The number of carbonyl (C=O) groups excluding carboxylic acids is 1. The molecule has 1 fully saturated rings. The minimum Gasteiger partial charge on any atom is -0.397 e. The van der Waals surface area contributed by atoms with Gasteiger partial charge in [0.2, 0.25) is 0 Å².